The van der Waals surface area contributed by atoms with Crippen molar-refractivity contribution in [3.05, 3.63) is 0 Å². The van der Waals surface area contributed by atoms with Crippen LogP contribution in [0.25, 0.3) is 0 Å². The maximum absolute atomic E-state index is 4.19. The van der Waals surface area contributed by atoms with Gasteiger partial charge in [-0.3, -0.25) is 4.99 Å². The van der Waals surface area contributed by atoms with Gasteiger partial charge in [0.1, 0.15) is 0 Å². The van der Waals surface area contributed by atoms with E-state index in [0.29, 0.717) is 0 Å². The van der Waals surface area contributed by atoms with E-state index in [9.17, 15) is 0 Å². The predicted molar refractivity (Wildman–Crippen MR) is 47.7 cm³/mol. The highest BCUT2D eigenvalue weighted by Crippen LogP contribution is 2.21. The van der Waals surface area contributed by atoms with E-state index in [1.165, 1.54) is 25.0 Å². The molecule has 60 valence electrons. The van der Waals surface area contributed by atoms with Crippen LogP contribution in [-0.4, -0.2) is 12.8 Å². The van der Waals surface area contributed by atoms with Gasteiger partial charge in [0, 0.05) is 12.8 Å². The largest absolute Gasteiger partial charge is 0.297 e. The molecule has 1 unspecified atom stereocenters. The predicted octanol–water partition coefficient (Wildman–Crippen LogP) is 2.90. The molecule has 1 atom stereocenters. The van der Waals surface area contributed by atoms with Gasteiger partial charge < -0.3 is 0 Å². The SMILES string of the molecule is CC.CN=C1CCCC1C. The number of aliphatic imine (C=N–C) groups is 1. The van der Waals surface area contributed by atoms with Crippen molar-refractivity contribution in [1.29, 1.82) is 0 Å². The molecular formula is C9H19N. The zero-order valence-electron chi connectivity index (χ0n) is 7.65. The monoisotopic (exact) mass is 141 g/mol. The molecule has 0 saturated heterocycles. The minimum atomic E-state index is 0.778. The summed E-state index contributed by atoms with van der Waals surface area (Å²) in [5.74, 6) is 0.778. The molecule has 0 heterocycles. The van der Waals surface area contributed by atoms with Gasteiger partial charge in [0.2, 0.25) is 0 Å². The second-order valence-corrected chi connectivity index (χ2v) is 2.51. The van der Waals surface area contributed by atoms with Crippen molar-refractivity contribution >= 4 is 5.71 Å². The van der Waals surface area contributed by atoms with Crippen molar-refractivity contribution in [1.82, 2.24) is 0 Å². The standard InChI is InChI=1S/C7H13N.C2H6/c1-6-4-3-5-7(6)8-2;1-2/h6H,3-5H2,1-2H3;1-2H3. The van der Waals surface area contributed by atoms with Crippen molar-refractivity contribution in [3.8, 4) is 0 Å². The maximum Gasteiger partial charge on any atom is 0.0276 e. The average Bonchev–Trinajstić information content (AvgIpc) is 2.39. The zero-order valence-corrected chi connectivity index (χ0v) is 7.65. The molecule has 0 aromatic rings. The lowest BCUT2D eigenvalue weighted by Crippen LogP contribution is -2.00. The van der Waals surface area contributed by atoms with Crippen LogP contribution in [0.4, 0.5) is 0 Å². The van der Waals surface area contributed by atoms with Gasteiger partial charge in [0.25, 0.3) is 0 Å². The minimum Gasteiger partial charge on any atom is -0.297 e. The van der Waals surface area contributed by atoms with E-state index in [4.69, 9.17) is 0 Å². The van der Waals surface area contributed by atoms with Gasteiger partial charge in [-0.2, -0.15) is 0 Å². The fourth-order valence-corrected chi connectivity index (χ4v) is 1.33. The third kappa shape index (κ3) is 2.51. The van der Waals surface area contributed by atoms with Crippen LogP contribution >= 0.6 is 0 Å². The second kappa shape index (κ2) is 5.45. The third-order valence-electron chi connectivity index (χ3n) is 1.93. The smallest absolute Gasteiger partial charge is 0.0276 e. The van der Waals surface area contributed by atoms with Crippen LogP contribution in [0, 0.1) is 5.92 Å². The highest BCUT2D eigenvalue weighted by molar-refractivity contribution is 5.88. The van der Waals surface area contributed by atoms with Gasteiger partial charge in [-0.05, 0) is 25.2 Å². The molecular weight excluding hydrogens is 122 g/mol. The maximum atomic E-state index is 4.19. The van der Waals surface area contributed by atoms with E-state index in [1.807, 2.05) is 20.9 Å². The molecule has 1 nitrogen and oxygen atoms in total. The van der Waals surface area contributed by atoms with Crippen LogP contribution in [0.1, 0.15) is 40.0 Å². The van der Waals surface area contributed by atoms with E-state index in [-0.39, 0.29) is 0 Å². The summed E-state index contributed by atoms with van der Waals surface area (Å²) in [4.78, 5) is 4.19. The minimum absolute atomic E-state index is 0.778. The Labute approximate surface area is 64.6 Å². The summed E-state index contributed by atoms with van der Waals surface area (Å²) in [6.45, 7) is 6.26. The van der Waals surface area contributed by atoms with E-state index < -0.39 is 0 Å². The summed E-state index contributed by atoms with van der Waals surface area (Å²) in [6.07, 6.45) is 3.96. The molecule has 10 heavy (non-hydrogen) atoms. The summed E-state index contributed by atoms with van der Waals surface area (Å²) in [7, 11) is 1.90. The summed E-state index contributed by atoms with van der Waals surface area (Å²) in [5.41, 5.74) is 1.42. The molecule has 0 aliphatic heterocycles. The topological polar surface area (TPSA) is 12.4 Å². The van der Waals surface area contributed by atoms with Gasteiger partial charge in [-0.15, -0.1) is 0 Å². The highest BCUT2D eigenvalue weighted by Gasteiger charge is 2.15. The molecule has 0 aromatic carbocycles. The first-order chi connectivity index (χ1) is 4.84. The van der Waals surface area contributed by atoms with Gasteiger partial charge in [0.05, 0.1) is 0 Å². The zero-order chi connectivity index (χ0) is 7.98. The Bertz CT molecular complexity index is 105. The molecule has 1 heteroatoms. The molecule has 0 aromatic heterocycles. The first kappa shape index (κ1) is 9.67. The van der Waals surface area contributed by atoms with Crippen molar-refractivity contribution in [2.75, 3.05) is 7.05 Å². The van der Waals surface area contributed by atoms with Crippen molar-refractivity contribution < 1.29 is 0 Å². The number of hydrogen-bond acceptors (Lipinski definition) is 1. The Balaban J connectivity index is 0.000000371. The summed E-state index contributed by atoms with van der Waals surface area (Å²) >= 11 is 0. The van der Waals surface area contributed by atoms with Crippen LogP contribution in [-0.2, 0) is 0 Å². The first-order valence-corrected chi connectivity index (χ1v) is 4.30. The first-order valence-electron chi connectivity index (χ1n) is 4.30. The lowest BCUT2D eigenvalue weighted by atomic mass is 10.1. The fourth-order valence-electron chi connectivity index (χ4n) is 1.33. The molecule has 1 saturated carbocycles. The quantitative estimate of drug-likeness (QED) is 0.492. The normalized spacial score (nSPS) is 28.0. The molecule has 0 radical (unpaired) electrons. The van der Waals surface area contributed by atoms with Gasteiger partial charge in [-0.25, -0.2) is 0 Å². The second-order valence-electron chi connectivity index (χ2n) is 2.51. The van der Waals surface area contributed by atoms with Crippen LogP contribution < -0.4 is 0 Å². The molecule has 1 rings (SSSR count). The van der Waals surface area contributed by atoms with E-state index in [2.05, 4.69) is 11.9 Å². The van der Waals surface area contributed by atoms with E-state index in [0.717, 1.165) is 5.92 Å². The number of nitrogens with zero attached hydrogens (tertiary/aromatic N) is 1. The summed E-state index contributed by atoms with van der Waals surface area (Å²) in [6, 6.07) is 0. The van der Waals surface area contributed by atoms with E-state index >= 15 is 0 Å². The van der Waals surface area contributed by atoms with E-state index in [1.54, 1.807) is 0 Å². The molecule has 0 bridgehead atoms. The van der Waals surface area contributed by atoms with Crippen molar-refractivity contribution in [2.24, 2.45) is 10.9 Å². The Morgan fingerprint density at radius 1 is 1.40 bits per heavy atom. The molecule has 1 fully saturated rings. The summed E-state index contributed by atoms with van der Waals surface area (Å²) < 4.78 is 0. The lowest BCUT2D eigenvalue weighted by Gasteiger charge is -1.98. The average molecular weight is 141 g/mol. The van der Waals surface area contributed by atoms with Gasteiger partial charge >= 0.3 is 0 Å². The van der Waals surface area contributed by atoms with Crippen molar-refractivity contribution in [3.63, 3.8) is 0 Å². The summed E-state index contributed by atoms with van der Waals surface area (Å²) in [5, 5.41) is 0. The third-order valence-corrected chi connectivity index (χ3v) is 1.93. The Kier molecular flexibility index (Phi) is 5.27. The Morgan fingerprint density at radius 3 is 2.20 bits per heavy atom. The van der Waals surface area contributed by atoms with Gasteiger partial charge in [0.15, 0.2) is 0 Å². The highest BCUT2D eigenvalue weighted by atomic mass is 14.7. The van der Waals surface area contributed by atoms with Crippen LogP contribution in [0.5, 0.6) is 0 Å². The van der Waals surface area contributed by atoms with Crippen LogP contribution in [0.15, 0.2) is 4.99 Å². The van der Waals surface area contributed by atoms with Crippen molar-refractivity contribution in [2.45, 2.75) is 40.0 Å². The lowest BCUT2D eigenvalue weighted by molar-refractivity contribution is 0.727. The molecule has 0 N–H and O–H groups in total. The van der Waals surface area contributed by atoms with Crippen LogP contribution in [0.2, 0.25) is 0 Å². The number of hydrogen-bond donors (Lipinski definition) is 0. The molecule has 0 spiro atoms. The number of rotatable bonds is 0. The molecule has 1 aliphatic rings. The molecule has 1 aliphatic carbocycles. The van der Waals surface area contributed by atoms with Gasteiger partial charge in [-0.1, -0.05) is 20.8 Å². The Hall–Kier alpha value is -0.330. The fraction of sp³-hybridized carbons (Fsp3) is 0.889. The Morgan fingerprint density at radius 2 is 2.00 bits per heavy atom. The van der Waals surface area contributed by atoms with Crippen LogP contribution in [0.3, 0.4) is 0 Å². The molecule has 0 amide bonds.